The molecule has 5 nitrogen and oxygen atoms in total. The zero-order chi connectivity index (χ0) is 13.9. The van der Waals surface area contributed by atoms with Gasteiger partial charge in [-0.15, -0.1) is 22.6 Å². The summed E-state index contributed by atoms with van der Waals surface area (Å²) in [4.78, 5) is 12.2. The minimum absolute atomic E-state index is 0. The van der Waals surface area contributed by atoms with Crippen LogP contribution in [-0.4, -0.2) is 16.1 Å². The lowest BCUT2D eigenvalue weighted by Crippen LogP contribution is -2.45. The number of aryl methyl sites for hydroxylation is 1. The van der Waals surface area contributed by atoms with Gasteiger partial charge in [0.05, 0.1) is 0 Å². The Kier molecular flexibility index (Phi) is 5.62. The van der Waals surface area contributed by atoms with E-state index in [0.717, 1.165) is 17.0 Å². The van der Waals surface area contributed by atoms with E-state index >= 15 is 0 Å². The van der Waals surface area contributed by atoms with Crippen LogP contribution in [0.25, 0.3) is 0 Å². The Morgan fingerprint density at radius 1 is 1.35 bits per heavy atom. The molecule has 0 aliphatic carbocycles. The first-order valence-electron chi connectivity index (χ1n) is 6.02. The van der Waals surface area contributed by atoms with Crippen molar-refractivity contribution in [2.24, 2.45) is 5.73 Å². The Hall–Kier alpha value is -1.50. The average molecular weight is 313 g/mol. The molecule has 0 radical (unpaired) electrons. The molecule has 0 spiro atoms. The standard InChI is InChI=1S/C13H16N4OS.ClH/c1-3-10-16-17-12(19-10)15-11(18)13(2,14)9-7-5-4-6-8-9;/h4-8H,3,14H2,1-2H3,(H,15,17,18);1H. The van der Waals surface area contributed by atoms with Crippen LogP contribution in [0.1, 0.15) is 24.4 Å². The fraction of sp³-hybridized carbons (Fsp3) is 0.308. The molecule has 2 rings (SSSR count). The van der Waals surface area contributed by atoms with Crippen molar-refractivity contribution in [3.8, 4) is 0 Å². The Balaban J connectivity index is 0.00000200. The van der Waals surface area contributed by atoms with Crippen LogP contribution in [0.4, 0.5) is 5.13 Å². The minimum atomic E-state index is -1.10. The molecule has 2 aromatic rings. The SMILES string of the molecule is CCc1nnc(NC(=O)C(C)(N)c2ccccc2)s1.Cl. The summed E-state index contributed by atoms with van der Waals surface area (Å²) in [5.41, 5.74) is 5.77. The molecule has 1 aromatic carbocycles. The molecule has 20 heavy (non-hydrogen) atoms. The molecule has 1 aromatic heterocycles. The highest BCUT2D eigenvalue weighted by Gasteiger charge is 2.31. The largest absolute Gasteiger partial charge is 0.314 e. The van der Waals surface area contributed by atoms with E-state index in [1.54, 1.807) is 6.92 Å². The molecule has 0 saturated carbocycles. The second kappa shape index (κ2) is 6.78. The van der Waals surface area contributed by atoms with Crippen LogP contribution in [-0.2, 0) is 16.8 Å². The lowest BCUT2D eigenvalue weighted by Gasteiger charge is -2.23. The van der Waals surface area contributed by atoms with E-state index in [9.17, 15) is 4.79 Å². The number of nitrogens with zero attached hydrogens (tertiary/aromatic N) is 2. The van der Waals surface area contributed by atoms with Crippen molar-refractivity contribution < 1.29 is 4.79 Å². The van der Waals surface area contributed by atoms with Crippen molar-refractivity contribution in [1.82, 2.24) is 10.2 Å². The molecule has 1 heterocycles. The quantitative estimate of drug-likeness (QED) is 0.908. The fourth-order valence-electron chi connectivity index (χ4n) is 1.59. The van der Waals surface area contributed by atoms with Crippen molar-refractivity contribution in [3.05, 3.63) is 40.9 Å². The number of aromatic nitrogens is 2. The predicted molar refractivity (Wildman–Crippen MR) is 83.1 cm³/mol. The molecule has 7 heteroatoms. The second-order valence-electron chi connectivity index (χ2n) is 4.38. The third-order valence-corrected chi connectivity index (χ3v) is 3.82. The van der Waals surface area contributed by atoms with Gasteiger partial charge in [-0.05, 0) is 18.9 Å². The Morgan fingerprint density at radius 2 is 2.00 bits per heavy atom. The number of carbonyl (C=O) groups excluding carboxylic acids is 1. The lowest BCUT2D eigenvalue weighted by atomic mass is 9.92. The van der Waals surface area contributed by atoms with Gasteiger partial charge in [0.15, 0.2) is 0 Å². The molecular weight excluding hydrogens is 296 g/mol. The number of halogens is 1. The van der Waals surface area contributed by atoms with Crippen LogP contribution < -0.4 is 11.1 Å². The Labute approximate surface area is 128 Å². The molecule has 0 bridgehead atoms. The van der Waals surface area contributed by atoms with E-state index < -0.39 is 5.54 Å². The summed E-state index contributed by atoms with van der Waals surface area (Å²) in [7, 11) is 0. The van der Waals surface area contributed by atoms with Crippen LogP contribution >= 0.6 is 23.7 Å². The number of rotatable bonds is 4. The van der Waals surface area contributed by atoms with Crippen molar-refractivity contribution >= 4 is 34.8 Å². The van der Waals surface area contributed by atoms with Crippen LogP contribution in [0.15, 0.2) is 30.3 Å². The number of hydrogen-bond acceptors (Lipinski definition) is 5. The second-order valence-corrected chi connectivity index (χ2v) is 5.44. The third kappa shape index (κ3) is 3.53. The zero-order valence-electron chi connectivity index (χ0n) is 11.3. The predicted octanol–water partition coefficient (Wildman–Crippen LogP) is 2.33. The first-order valence-corrected chi connectivity index (χ1v) is 6.84. The molecule has 0 fully saturated rings. The first kappa shape index (κ1) is 16.6. The third-order valence-electron chi connectivity index (χ3n) is 2.83. The van der Waals surface area contributed by atoms with Gasteiger partial charge < -0.3 is 5.73 Å². The van der Waals surface area contributed by atoms with Gasteiger partial charge in [-0.2, -0.15) is 0 Å². The zero-order valence-corrected chi connectivity index (χ0v) is 12.9. The monoisotopic (exact) mass is 312 g/mol. The first-order chi connectivity index (χ1) is 9.04. The summed E-state index contributed by atoms with van der Waals surface area (Å²) in [6.45, 7) is 3.67. The highest BCUT2D eigenvalue weighted by atomic mass is 35.5. The van der Waals surface area contributed by atoms with Crippen molar-refractivity contribution in [2.75, 3.05) is 5.32 Å². The number of benzene rings is 1. The molecule has 0 aliphatic heterocycles. The number of amides is 1. The Morgan fingerprint density at radius 3 is 2.55 bits per heavy atom. The number of nitrogens with one attached hydrogen (secondary N) is 1. The van der Waals surface area contributed by atoms with Crippen LogP contribution in [0, 0.1) is 0 Å². The topological polar surface area (TPSA) is 80.9 Å². The summed E-state index contributed by atoms with van der Waals surface area (Å²) >= 11 is 1.36. The number of hydrogen-bond donors (Lipinski definition) is 2. The average Bonchev–Trinajstić information content (AvgIpc) is 2.87. The number of nitrogens with two attached hydrogens (primary N) is 1. The van der Waals surface area contributed by atoms with E-state index in [4.69, 9.17) is 5.73 Å². The maximum Gasteiger partial charge on any atom is 0.250 e. The maximum atomic E-state index is 12.2. The van der Waals surface area contributed by atoms with Gasteiger partial charge in [0.1, 0.15) is 10.5 Å². The lowest BCUT2D eigenvalue weighted by molar-refractivity contribution is -0.120. The van der Waals surface area contributed by atoms with E-state index in [-0.39, 0.29) is 18.3 Å². The minimum Gasteiger partial charge on any atom is -0.314 e. The van der Waals surface area contributed by atoms with Crippen molar-refractivity contribution in [1.29, 1.82) is 0 Å². The normalized spacial score (nSPS) is 13.2. The van der Waals surface area contributed by atoms with Crippen molar-refractivity contribution in [3.63, 3.8) is 0 Å². The van der Waals surface area contributed by atoms with Crippen LogP contribution in [0.3, 0.4) is 0 Å². The van der Waals surface area contributed by atoms with Gasteiger partial charge in [-0.3, -0.25) is 10.1 Å². The van der Waals surface area contributed by atoms with Gasteiger partial charge >= 0.3 is 0 Å². The van der Waals surface area contributed by atoms with E-state index in [1.807, 2.05) is 37.3 Å². The van der Waals surface area contributed by atoms with E-state index in [2.05, 4.69) is 15.5 Å². The van der Waals surface area contributed by atoms with E-state index in [0.29, 0.717) is 5.13 Å². The van der Waals surface area contributed by atoms with Gasteiger partial charge in [-0.1, -0.05) is 48.6 Å². The molecule has 3 N–H and O–H groups in total. The molecule has 1 unspecified atom stereocenters. The highest BCUT2D eigenvalue weighted by Crippen LogP contribution is 2.21. The summed E-state index contributed by atoms with van der Waals surface area (Å²) in [6.07, 6.45) is 0.798. The molecule has 108 valence electrons. The van der Waals surface area contributed by atoms with Gasteiger partial charge in [0.2, 0.25) is 5.13 Å². The fourth-order valence-corrected chi connectivity index (χ4v) is 2.26. The Bertz CT molecular complexity index is 571. The van der Waals surface area contributed by atoms with Gasteiger partial charge in [-0.25, -0.2) is 0 Å². The van der Waals surface area contributed by atoms with E-state index in [1.165, 1.54) is 11.3 Å². The summed E-state index contributed by atoms with van der Waals surface area (Å²) in [5.74, 6) is -0.294. The summed E-state index contributed by atoms with van der Waals surface area (Å²) < 4.78 is 0. The highest BCUT2D eigenvalue weighted by molar-refractivity contribution is 7.15. The van der Waals surface area contributed by atoms with Gasteiger partial charge in [0, 0.05) is 0 Å². The molecule has 1 atom stereocenters. The molecule has 0 saturated heterocycles. The summed E-state index contributed by atoms with van der Waals surface area (Å²) in [5, 5.41) is 12.0. The van der Waals surface area contributed by atoms with Crippen LogP contribution in [0.5, 0.6) is 0 Å². The van der Waals surface area contributed by atoms with Crippen LogP contribution in [0.2, 0.25) is 0 Å². The molecule has 0 aliphatic rings. The summed E-state index contributed by atoms with van der Waals surface area (Å²) in [6, 6.07) is 9.26. The molecular formula is C13H17ClN4OS. The molecule has 1 amide bonds. The van der Waals surface area contributed by atoms with Gasteiger partial charge in [0.25, 0.3) is 5.91 Å². The number of carbonyl (C=O) groups is 1. The van der Waals surface area contributed by atoms with Crippen molar-refractivity contribution in [2.45, 2.75) is 25.8 Å². The maximum absolute atomic E-state index is 12.2. The number of anilines is 1. The smallest absolute Gasteiger partial charge is 0.250 e.